The van der Waals surface area contributed by atoms with E-state index in [0.717, 1.165) is 0 Å². The van der Waals surface area contributed by atoms with E-state index < -0.39 is 11.4 Å². The van der Waals surface area contributed by atoms with Crippen LogP contribution in [0.5, 0.6) is 0 Å². The molecule has 1 aliphatic heterocycles. The normalized spacial score (nSPS) is 19.5. The Morgan fingerprint density at radius 2 is 2.08 bits per heavy atom. The summed E-state index contributed by atoms with van der Waals surface area (Å²) in [6, 6.07) is 3.49. The SMILES string of the molecule is C[C@H]1CN(Cc2ccc(Br)c(Cl)c2F)CCN1C(=O)OC(C)(C)C. The van der Waals surface area contributed by atoms with Gasteiger partial charge in [0, 0.05) is 42.3 Å². The van der Waals surface area contributed by atoms with E-state index in [9.17, 15) is 9.18 Å². The summed E-state index contributed by atoms with van der Waals surface area (Å²) in [5.74, 6) is -0.395. The number of carbonyl (C=O) groups is 1. The molecule has 0 spiro atoms. The lowest BCUT2D eigenvalue weighted by molar-refractivity contribution is 0.000442. The molecule has 0 N–H and O–H groups in total. The van der Waals surface area contributed by atoms with E-state index in [-0.39, 0.29) is 17.2 Å². The number of hydrogen-bond acceptors (Lipinski definition) is 3. The summed E-state index contributed by atoms with van der Waals surface area (Å²) in [7, 11) is 0. The van der Waals surface area contributed by atoms with Gasteiger partial charge in [0.1, 0.15) is 11.4 Å². The smallest absolute Gasteiger partial charge is 0.410 e. The molecular formula is C17H23BrClFN2O2. The van der Waals surface area contributed by atoms with Crippen LogP contribution in [0, 0.1) is 5.82 Å². The van der Waals surface area contributed by atoms with Crippen LogP contribution in [0.2, 0.25) is 5.02 Å². The largest absolute Gasteiger partial charge is 0.444 e. The van der Waals surface area contributed by atoms with Crippen LogP contribution in [0.3, 0.4) is 0 Å². The standard InChI is InChI=1S/C17H23BrClFN2O2/c1-11-9-21(7-8-22(11)16(23)24-17(2,3)4)10-12-5-6-13(18)14(19)15(12)20/h5-6,11H,7-10H2,1-4H3/t11-/m0/s1. The van der Waals surface area contributed by atoms with Gasteiger partial charge in [-0.15, -0.1) is 0 Å². The maximum atomic E-state index is 14.2. The zero-order chi connectivity index (χ0) is 18.1. The third kappa shape index (κ3) is 4.83. The van der Waals surface area contributed by atoms with E-state index in [2.05, 4.69) is 20.8 Å². The topological polar surface area (TPSA) is 32.8 Å². The number of rotatable bonds is 2. The first kappa shape index (κ1) is 19.5. The number of benzene rings is 1. The van der Waals surface area contributed by atoms with E-state index in [4.69, 9.17) is 16.3 Å². The first-order chi connectivity index (χ1) is 11.1. The molecule has 1 aliphatic rings. The second-order valence-corrected chi connectivity index (χ2v) is 8.32. The van der Waals surface area contributed by atoms with Gasteiger partial charge in [0.25, 0.3) is 0 Å². The summed E-state index contributed by atoms with van der Waals surface area (Å²) in [5.41, 5.74) is 0.0479. The van der Waals surface area contributed by atoms with Gasteiger partial charge in [0.15, 0.2) is 0 Å². The Hall–Kier alpha value is -0.850. The highest BCUT2D eigenvalue weighted by Crippen LogP contribution is 2.28. The van der Waals surface area contributed by atoms with Crippen molar-refractivity contribution >= 4 is 33.6 Å². The van der Waals surface area contributed by atoms with Crippen LogP contribution in [0.4, 0.5) is 9.18 Å². The molecule has 1 amide bonds. The fourth-order valence-corrected chi connectivity index (χ4v) is 3.19. The van der Waals surface area contributed by atoms with E-state index in [1.807, 2.05) is 27.7 Å². The van der Waals surface area contributed by atoms with Gasteiger partial charge in [-0.3, -0.25) is 4.90 Å². The van der Waals surface area contributed by atoms with Crippen molar-refractivity contribution in [1.82, 2.24) is 9.80 Å². The summed E-state index contributed by atoms with van der Waals surface area (Å²) >= 11 is 9.16. The number of amides is 1. The molecule has 0 bridgehead atoms. The Bertz CT molecular complexity index is 621. The lowest BCUT2D eigenvalue weighted by atomic mass is 10.1. The van der Waals surface area contributed by atoms with Gasteiger partial charge in [-0.1, -0.05) is 17.7 Å². The van der Waals surface area contributed by atoms with Crippen molar-refractivity contribution < 1.29 is 13.9 Å². The lowest BCUT2D eigenvalue weighted by Crippen LogP contribution is -2.54. The van der Waals surface area contributed by atoms with Crippen molar-refractivity contribution in [3.8, 4) is 0 Å². The Kier molecular flexibility index (Phi) is 6.15. The fourth-order valence-electron chi connectivity index (χ4n) is 2.70. The van der Waals surface area contributed by atoms with Gasteiger partial charge in [-0.2, -0.15) is 0 Å². The second-order valence-electron chi connectivity index (χ2n) is 7.09. The van der Waals surface area contributed by atoms with Crippen LogP contribution in [0.15, 0.2) is 16.6 Å². The van der Waals surface area contributed by atoms with Crippen molar-refractivity contribution in [2.24, 2.45) is 0 Å². The van der Waals surface area contributed by atoms with E-state index >= 15 is 0 Å². The minimum atomic E-state index is -0.509. The fraction of sp³-hybridized carbons (Fsp3) is 0.588. The van der Waals surface area contributed by atoms with E-state index in [0.29, 0.717) is 36.2 Å². The lowest BCUT2D eigenvalue weighted by Gasteiger charge is -2.40. The zero-order valence-corrected chi connectivity index (χ0v) is 16.7. The minimum absolute atomic E-state index is 0.00239. The molecule has 1 saturated heterocycles. The molecule has 2 rings (SSSR count). The third-order valence-corrected chi connectivity index (χ3v) is 5.11. The maximum Gasteiger partial charge on any atom is 0.410 e. The second kappa shape index (κ2) is 7.58. The van der Waals surface area contributed by atoms with Crippen molar-refractivity contribution in [3.63, 3.8) is 0 Å². The van der Waals surface area contributed by atoms with Gasteiger partial charge in [-0.25, -0.2) is 9.18 Å². The number of nitrogens with zero attached hydrogens (tertiary/aromatic N) is 2. The van der Waals surface area contributed by atoms with Crippen molar-refractivity contribution in [3.05, 3.63) is 33.0 Å². The summed E-state index contributed by atoms with van der Waals surface area (Å²) in [5, 5.41) is 0.105. The number of ether oxygens (including phenoxy) is 1. The molecule has 24 heavy (non-hydrogen) atoms. The predicted octanol–water partition coefficient (Wildman–Crippen LogP) is 4.68. The highest BCUT2D eigenvalue weighted by atomic mass is 79.9. The van der Waals surface area contributed by atoms with Crippen LogP contribution in [-0.2, 0) is 11.3 Å². The molecule has 1 aromatic rings. The summed E-state index contributed by atoms with van der Waals surface area (Å²) < 4.78 is 20.2. The van der Waals surface area contributed by atoms with Gasteiger partial charge in [0.05, 0.1) is 5.02 Å². The third-order valence-electron chi connectivity index (χ3n) is 3.85. The van der Waals surface area contributed by atoms with E-state index in [1.165, 1.54) is 0 Å². The molecule has 134 valence electrons. The minimum Gasteiger partial charge on any atom is -0.444 e. The first-order valence-electron chi connectivity index (χ1n) is 7.93. The molecular weight excluding hydrogens is 399 g/mol. The average Bonchev–Trinajstić information content (AvgIpc) is 2.46. The molecule has 1 heterocycles. The number of halogens is 3. The van der Waals surface area contributed by atoms with Crippen molar-refractivity contribution in [2.45, 2.75) is 45.9 Å². The van der Waals surface area contributed by atoms with Crippen LogP contribution in [-0.4, -0.2) is 47.2 Å². The highest BCUT2D eigenvalue weighted by Gasteiger charge is 2.31. The molecule has 7 heteroatoms. The average molecular weight is 422 g/mol. The van der Waals surface area contributed by atoms with E-state index in [1.54, 1.807) is 17.0 Å². The predicted molar refractivity (Wildman–Crippen MR) is 96.8 cm³/mol. The molecule has 0 aliphatic carbocycles. The molecule has 1 aromatic carbocycles. The Morgan fingerprint density at radius 1 is 1.42 bits per heavy atom. The molecule has 1 atom stereocenters. The number of carbonyl (C=O) groups excluding carboxylic acids is 1. The summed E-state index contributed by atoms with van der Waals surface area (Å²) in [4.78, 5) is 16.1. The Morgan fingerprint density at radius 3 is 2.67 bits per heavy atom. The summed E-state index contributed by atoms with van der Waals surface area (Å²) in [6.07, 6.45) is -0.299. The molecule has 0 unspecified atom stereocenters. The summed E-state index contributed by atoms with van der Waals surface area (Å²) in [6.45, 7) is 9.88. The van der Waals surface area contributed by atoms with Crippen LogP contribution in [0.25, 0.3) is 0 Å². The monoisotopic (exact) mass is 420 g/mol. The first-order valence-corrected chi connectivity index (χ1v) is 9.10. The molecule has 1 fully saturated rings. The number of piperazine rings is 1. The quantitative estimate of drug-likeness (QED) is 0.650. The van der Waals surface area contributed by atoms with Gasteiger partial charge >= 0.3 is 6.09 Å². The van der Waals surface area contributed by atoms with Crippen LogP contribution >= 0.6 is 27.5 Å². The molecule has 0 aromatic heterocycles. The van der Waals surface area contributed by atoms with Gasteiger partial charge in [0.2, 0.25) is 0 Å². The number of hydrogen-bond donors (Lipinski definition) is 0. The van der Waals surface area contributed by atoms with Crippen molar-refractivity contribution in [1.29, 1.82) is 0 Å². The van der Waals surface area contributed by atoms with Crippen LogP contribution < -0.4 is 0 Å². The van der Waals surface area contributed by atoms with Crippen LogP contribution in [0.1, 0.15) is 33.3 Å². The van der Waals surface area contributed by atoms with Crippen molar-refractivity contribution in [2.75, 3.05) is 19.6 Å². The molecule has 4 nitrogen and oxygen atoms in total. The maximum absolute atomic E-state index is 14.2. The Labute approximate surface area is 156 Å². The Balaban J connectivity index is 1.99. The molecule has 0 radical (unpaired) electrons. The molecule has 0 saturated carbocycles. The van der Waals surface area contributed by atoms with Gasteiger partial charge < -0.3 is 9.64 Å². The highest BCUT2D eigenvalue weighted by molar-refractivity contribution is 9.10. The zero-order valence-electron chi connectivity index (χ0n) is 14.4. The van der Waals surface area contributed by atoms with Gasteiger partial charge in [-0.05, 0) is 49.7 Å².